The molecular weight excluding hydrogens is 342 g/mol. The van der Waals surface area contributed by atoms with Crippen molar-refractivity contribution in [2.75, 3.05) is 13.1 Å². The van der Waals surface area contributed by atoms with Gasteiger partial charge in [0, 0.05) is 36.5 Å². The second kappa shape index (κ2) is 6.18. The molecule has 2 amide bonds. The van der Waals surface area contributed by atoms with Crippen LogP contribution in [0.1, 0.15) is 47.9 Å². The number of rotatable bonds is 3. The fourth-order valence-corrected chi connectivity index (χ4v) is 4.55. The maximum Gasteiger partial charge on any atom is 0.251 e. The number of fused-ring (bicyclic) bond motifs is 1. The highest BCUT2D eigenvalue weighted by Gasteiger charge is 2.51. The summed E-state index contributed by atoms with van der Waals surface area (Å²) in [7, 11) is 0. The predicted molar refractivity (Wildman–Crippen MR) is 97.6 cm³/mol. The van der Waals surface area contributed by atoms with Crippen molar-refractivity contribution < 1.29 is 9.59 Å². The number of benzene rings is 1. The molecule has 3 heterocycles. The molecule has 27 heavy (non-hydrogen) atoms. The minimum absolute atomic E-state index is 0.108. The molecule has 2 atom stereocenters. The van der Waals surface area contributed by atoms with Crippen LogP contribution in [-0.4, -0.2) is 44.6 Å². The third-order valence-electron chi connectivity index (χ3n) is 6.27. The van der Waals surface area contributed by atoms with Crippen molar-refractivity contribution in [2.45, 2.75) is 38.3 Å². The Hall–Kier alpha value is -2.70. The molecule has 2 aromatic rings. The maximum absolute atomic E-state index is 12.9. The monoisotopic (exact) mass is 365 g/mol. The van der Waals surface area contributed by atoms with Crippen LogP contribution in [0.5, 0.6) is 0 Å². The van der Waals surface area contributed by atoms with Crippen LogP contribution in [0.3, 0.4) is 0 Å². The number of nitrogens with one attached hydrogen (secondary N) is 1. The van der Waals surface area contributed by atoms with Crippen LogP contribution in [0.15, 0.2) is 36.7 Å². The van der Waals surface area contributed by atoms with Crippen LogP contribution in [0.4, 0.5) is 0 Å². The molecule has 0 unspecified atom stereocenters. The van der Waals surface area contributed by atoms with Crippen molar-refractivity contribution in [1.82, 2.24) is 25.0 Å². The largest absolute Gasteiger partial charge is 0.342 e. The van der Waals surface area contributed by atoms with E-state index in [9.17, 15) is 9.59 Å². The van der Waals surface area contributed by atoms with E-state index < -0.39 is 0 Å². The molecule has 0 bridgehead atoms. The fourth-order valence-electron chi connectivity index (χ4n) is 4.55. The topological polar surface area (TPSA) is 80.1 Å². The fraction of sp³-hybridized carbons (Fsp3) is 0.500. The summed E-state index contributed by atoms with van der Waals surface area (Å²) in [5, 5.41) is 7.52. The lowest BCUT2D eigenvalue weighted by Gasteiger charge is -2.40. The summed E-state index contributed by atoms with van der Waals surface area (Å²) < 4.78 is 1.88. The molecule has 2 fully saturated rings. The zero-order valence-electron chi connectivity index (χ0n) is 15.2. The van der Waals surface area contributed by atoms with Gasteiger partial charge in [0.1, 0.15) is 12.2 Å². The molecule has 3 aliphatic rings. The molecule has 0 radical (unpaired) electrons. The van der Waals surface area contributed by atoms with Gasteiger partial charge in [-0.2, -0.15) is 5.10 Å². The normalized spacial score (nSPS) is 26.8. The lowest BCUT2D eigenvalue weighted by molar-refractivity contribution is -0.132. The number of aryl methyl sites for hydroxylation is 1. The summed E-state index contributed by atoms with van der Waals surface area (Å²) in [6.45, 7) is 2.23. The molecule has 1 saturated carbocycles. The Balaban J connectivity index is 1.44. The summed E-state index contributed by atoms with van der Waals surface area (Å²) in [6, 6.07) is 9.01. The number of likely N-dealkylation sites (tertiary alicyclic amines) is 1. The van der Waals surface area contributed by atoms with E-state index >= 15 is 0 Å². The Labute approximate surface area is 157 Å². The number of amides is 2. The van der Waals surface area contributed by atoms with Crippen LogP contribution >= 0.6 is 0 Å². The highest BCUT2D eigenvalue weighted by molar-refractivity contribution is 5.94. The summed E-state index contributed by atoms with van der Waals surface area (Å²) in [6.07, 6.45) is 5.36. The van der Waals surface area contributed by atoms with Crippen molar-refractivity contribution in [3.63, 3.8) is 0 Å². The molecule has 1 saturated heterocycles. The quantitative estimate of drug-likeness (QED) is 0.899. The summed E-state index contributed by atoms with van der Waals surface area (Å²) in [5.74, 6) is 1.20. The summed E-state index contributed by atoms with van der Waals surface area (Å²) in [4.78, 5) is 31.9. The zero-order valence-corrected chi connectivity index (χ0v) is 15.2. The molecule has 1 N–H and O–H groups in total. The number of carbonyl (C=O) groups excluding carboxylic acids is 2. The molecule has 2 aliphatic heterocycles. The summed E-state index contributed by atoms with van der Waals surface area (Å²) in [5.41, 5.74) is 0.464. The first-order valence-electron chi connectivity index (χ1n) is 9.69. The van der Waals surface area contributed by atoms with E-state index in [-0.39, 0.29) is 29.2 Å². The predicted octanol–water partition coefficient (Wildman–Crippen LogP) is 1.78. The zero-order chi connectivity index (χ0) is 18.4. The van der Waals surface area contributed by atoms with E-state index in [1.54, 1.807) is 6.33 Å². The van der Waals surface area contributed by atoms with Crippen LogP contribution in [0, 0.1) is 11.3 Å². The molecule has 7 heteroatoms. The lowest BCUT2D eigenvalue weighted by atomic mass is 9.74. The molecular formula is C20H23N5O2. The van der Waals surface area contributed by atoms with Crippen molar-refractivity contribution in [2.24, 2.45) is 11.3 Å². The van der Waals surface area contributed by atoms with E-state index in [0.717, 1.165) is 44.6 Å². The standard InChI is InChI=1S/C20H23N5O2/c26-18(14-4-2-1-3-5-14)23-16-17-21-13-22-25(17)11-9-20(16)8-10-24(12-20)19(27)15-6-7-15/h1-5,13,15-16H,6-12H2,(H,23,26)/t16-,20-/m1/s1. The number of carbonyl (C=O) groups is 2. The minimum atomic E-state index is -0.238. The number of aromatic nitrogens is 3. The number of nitrogens with zero attached hydrogens (tertiary/aromatic N) is 4. The van der Waals surface area contributed by atoms with Gasteiger partial charge in [0.15, 0.2) is 0 Å². The molecule has 1 aromatic heterocycles. The van der Waals surface area contributed by atoms with Gasteiger partial charge in [0.05, 0.1) is 6.04 Å². The van der Waals surface area contributed by atoms with Gasteiger partial charge in [-0.1, -0.05) is 18.2 Å². The molecule has 7 nitrogen and oxygen atoms in total. The highest BCUT2D eigenvalue weighted by atomic mass is 16.2. The van der Waals surface area contributed by atoms with E-state index in [4.69, 9.17) is 0 Å². The first kappa shape index (κ1) is 16.5. The molecule has 1 aliphatic carbocycles. The van der Waals surface area contributed by atoms with Gasteiger partial charge in [-0.25, -0.2) is 9.67 Å². The van der Waals surface area contributed by atoms with Crippen molar-refractivity contribution in [3.05, 3.63) is 48.0 Å². The first-order valence-corrected chi connectivity index (χ1v) is 9.69. The van der Waals surface area contributed by atoms with E-state index in [1.165, 1.54) is 0 Å². The first-order chi connectivity index (χ1) is 13.2. The van der Waals surface area contributed by atoms with Gasteiger partial charge in [-0.3, -0.25) is 9.59 Å². The van der Waals surface area contributed by atoms with Gasteiger partial charge in [-0.15, -0.1) is 0 Å². The van der Waals surface area contributed by atoms with E-state index in [1.807, 2.05) is 39.9 Å². The van der Waals surface area contributed by atoms with E-state index in [0.29, 0.717) is 12.1 Å². The van der Waals surface area contributed by atoms with E-state index in [2.05, 4.69) is 15.4 Å². The molecule has 5 rings (SSSR count). The third kappa shape index (κ3) is 2.81. The Bertz CT molecular complexity index is 876. The number of hydrogen-bond donors (Lipinski definition) is 1. The maximum atomic E-state index is 12.9. The summed E-state index contributed by atoms with van der Waals surface area (Å²) >= 11 is 0. The molecule has 1 aromatic carbocycles. The SMILES string of the molecule is O=C(N[C@@H]1c2ncnn2CC[C@@]12CCN(C(=O)C1CC1)C2)c1ccccc1. The van der Waals surface area contributed by atoms with Gasteiger partial charge in [-0.05, 0) is 37.8 Å². The van der Waals surface area contributed by atoms with Crippen LogP contribution in [0.25, 0.3) is 0 Å². The van der Waals surface area contributed by atoms with Crippen LogP contribution in [-0.2, 0) is 11.3 Å². The van der Waals surface area contributed by atoms with Gasteiger partial charge in [0.25, 0.3) is 5.91 Å². The number of hydrogen-bond acceptors (Lipinski definition) is 4. The van der Waals surface area contributed by atoms with Gasteiger partial charge in [0.2, 0.25) is 5.91 Å². The third-order valence-corrected chi connectivity index (χ3v) is 6.27. The Morgan fingerprint density at radius 3 is 2.67 bits per heavy atom. The minimum Gasteiger partial charge on any atom is -0.342 e. The second-order valence-corrected chi connectivity index (χ2v) is 8.01. The van der Waals surface area contributed by atoms with Gasteiger partial charge >= 0.3 is 0 Å². The van der Waals surface area contributed by atoms with Crippen LogP contribution in [0.2, 0.25) is 0 Å². The molecule has 1 spiro atoms. The van der Waals surface area contributed by atoms with Gasteiger partial charge < -0.3 is 10.2 Å². The highest BCUT2D eigenvalue weighted by Crippen LogP contribution is 2.48. The second-order valence-electron chi connectivity index (χ2n) is 8.01. The lowest BCUT2D eigenvalue weighted by Crippen LogP contribution is -2.48. The average Bonchev–Trinajstić information content (AvgIpc) is 3.29. The Morgan fingerprint density at radius 1 is 1.11 bits per heavy atom. The average molecular weight is 365 g/mol. The van der Waals surface area contributed by atoms with Crippen molar-refractivity contribution in [1.29, 1.82) is 0 Å². The Morgan fingerprint density at radius 2 is 1.89 bits per heavy atom. The smallest absolute Gasteiger partial charge is 0.251 e. The molecule has 140 valence electrons. The van der Waals surface area contributed by atoms with Crippen molar-refractivity contribution in [3.8, 4) is 0 Å². The van der Waals surface area contributed by atoms with Crippen LogP contribution < -0.4 is 5.32 Å². The van der Waals surface area contributed by atoms with Crippen molar-refractivity contribution >= 4 is 11.8 Å². The Kier molecular flexibility index (Phi) is 3.77.